The van der Waals surface area contributed by atoms with E-state index >= 15 is 0 Å². The molecule has 1 heterocycles. The summed E-state index contributed by atoms with van der Waals surface area (Å²) in [5, 5.41) is 22.6. The molecule has 1 fully saturated rings. The zero-order valence-electron chi connectivity index (χ0n) is 33.9. The van der Waals surface area contributed by atoms with Gasteiger partial charge >= 0.3 is 0 Å². The number of hydrogen-bond donors (Lipinski definition) is 4. The summed E-state index contributed by atoms with van der Waals surface area (Å²) in [4.78, 5) is 32.0. The number of unbranched alkanes of at least 4 members (excludes halogenated alkanes) is 9. The summed E-state index contributed by atoms with van der Waals surface area (Å²) in [6.45, 7) is 5.63. The first-order valence-corrected chi connectivity index (χ1v) is 22.9. The van der Waals surface area contributed by atoms with Crippen molar-refractivity contribution in [2.24, 2.45) is 15.2 Å². The lowest BCUT2D eigenvalue weighted by molar-refractivity contribution is -0.123. The molecule has 0 spiro atoms. The van der Waals surface area contributed by atoms with Crippen molar-refractivity contribution < 1.29 is 32.4 Å². The molecule has 2 unspecified atom stereocenters. The van der Waals surface area contributed by atoms with Gasteiger partial charge in [-0.1, -0.05) is 117 Å². The van der Waals surface area contributed by atoms with Crippen LogP contribution in [0.15, 0.2) is 86.8 Å². The highest BCUT2D eigenvalue weighted by Crippen LogP contribution is 2.39. The highest BCUT2D eigenvalue weighted by Gasteiger charge is 2.41. The van der Waals surface area contributed by atoms with E-state index in [1.165, 1.54) is 87.1 Å². The van der Waals surface area contributed by atoms with Gasteiger partial charge in [0.1, 0.15) is 27.8 Å². The van der Waals surface area contributed by atoms with Crippen molar-refractivity contribution in [1.29, 1.82) is 0 Å². The van der Waals surface area contributed by atoms with Gasteiger partial charge in [0.15, 0.2) is 11.9 Å². The number of carbonyl (C=O) groups excluding carboxylic acids is 2. The van der Waals surface area contributed by atoms with Gasteiger partial charge < -0.3 is 15.2 Å². The molecule has 1 aliphatic heterocycles. The van der Waals surface area contributed by atoms with E-state index in [1.807, 2.05) is 0 Å². The fourth-order valence-electron chi connectivity index (χ4n) is 6.57. The number of ether oxygens (including phenoxy) is 1. The SMILES string of the molecule is CCCCCCCCCCCCC(Oc1ccc(O)c(C)c1)C(=O)Nc1ccc(Cl)c(N=C2NN(c3c(Cl)cc(Cl)cc3Cl)C(=O)C2N=Nc2cc(C)ccc2S(=O)(=O)O)c1. The van der Waals surface area contributed by atoms with Crippen molar-refractivity contribution in [3.8, 4) is 11.5 Å². The molecule has 4 aromatic carbocycles. The van der Waals surface area contributed by atoms with E-state index in [-0.39, 0.29) is 48.7 Å². The van der Waals surface area contributed by atoms with Gasteiger partial charge in [0.2, 0.25) is 6.04 Å². The minimum Gasteiger partial charge on any atom is -0.508 e. The van der Waals surface area contributed by atoms with Crippen LogP contribution in [0.3, 0.4) is 0 Å². The number of aromatic hydroxyl groups is 1. The molecule has 1 aliphatic rings. The van der Waals surface area contributed by atoms with Crippen LogP contribution in [-0.4, -0.2) is 47.9 Å². The Balaban J connectivity index is 1.41. The largest absolute Gasteiger partial charge is 0.508 e. The highest BCUT2D eigenvalue weighted by molar-refractivity contribution is 7.86. The number of amidine groups is 1. The Morgan fingerprint density at radius 2 is 1.51 bits per heavy atom. The van der Waals surface area contributed by atoms with Gasteiger partial charge in [-0.2, -0.15) is 18.6 Å². The van der Waals surface area contributed by atoms with E-state index in [4.69, 9.17) is 51.1 Å². The predicted molar refractivity (Wildman–Crippen MR) is 242 cm³/mol. The lowest BCUT2D eigenvalue weighted by Gasteiger charge is -2.20. The number of rotatable bonds is 20. The second-order valence-electron chi connectivity index (χ2n) is 14.7. The van der Waals surface area contributed by atoms with Crippen LogP contribution < -0.4 is 20.5 Å². The van der Waals surface area contributed by atoms with Crippen molar-refractivity contribution in [3.05, 3.63) is 97.9 Å². The summed E-state index contributed by atoms with van der Waals surface area (Å²) < 4.78 is 40.3. The van der Waals surface area contributed by atoms with Gasteiger partial charge in [0.25, 0.3) is 21.9 Å². The smallest absolute Gasteiger partial charge is 0.296 e. The number of aliphatic imine (C=N–C) groups is 1. The number of carbonyl (C=O) groups is 2. The Bertz CT molecular complexity index is 2380. The average molecular weight is 935 g/mol. The molecular weight excluding hydrogens is 886 g/mol. The summed E-state index contributed by atoms with van der Waals surface area (Å²) in [5.41, 5.74) is 4.29. The first kappa shape index (κ1) is 47.6. The molecular formula is C43H48Cl4N6O7S. The Kier molecular flexibility index (Phi) is 17.2. The highest BCUT2D eigenvalue weighted by atomic mass is 35.5. The first-order chi connectivity index (χ1) is 29.0. The third-order valence-corrected chi connectivity index (χ3v) is 11.8. The Hall–Kier alpha value is -4.44. The zero-order valence-corrected chi connectivity index (χ0v) is 37.8. The number of amides is 2. The van der Waals surface area contributed by atoms with E-state index in [0.717, 1.165) is 30.7 Å². The Morgan fingerprint density at radius 3 is 2.15 bits per heavy atom. The van der Waals surface area contributed by atoms with Crippen LogP contribution in [0.1, 0.15) is 88.7 Å². The summed E-state index contributed by atoms with van der Waals surface area (Å²) in [7, 11) is -4.72. The Morgan fingerprint density at radius 1 is 0.852 bits per heavy atom. The van der Waals surface area contributed by atoms with Crippen molar-refractivity contribution in [1.82, 2.24) is 5.43 Å². The van der Waals surface area contributed by atoms with Crippen LogP contribution in [0.4, 0.5) is 22.7 Å². The molecule has 2 atom stereocenters. The number of azo groups is 1. The van der Waals surface area contributed by atoms with Crippen LogP contribution >= 0.6 is 46.4 Å². The van der Waals surface area contributed by atoms with Gasteiger partial charge in [0, 0.05) is 10.7 Å². The molecule has 4 N–H and O–H groups in total. The lowest BCUT2D eigenvalue weighted by atomic mass is 10.0. The van der Waals surface area contributed by atoms with Crippen molar-refractivity contribution in [2.75, 3.05) is 10.3 Å². The van der Waals surface area contributed by atoms with Crippen molar-refractivity contribution >= 4 is 96.9 Å². The van der Waals surface area contributed by atoms with Crippen LogP contribution in [0.5, 0.6) is 11.5 Å². The number of phenols is 1. The second-order valence-corrected chi connectivity index (χ2v) is 17.8. The monoisotopic (exact) mass is 932 g/mol. The number of phenolic OH excluding ortho intramolecular Hbond substituents is 1. The number of hydrazine groups is 1. The molecule has 18 heteroatoms. The minimum absolute atomic E-state index is 0.0161. The molecule has 2 amide bonds. The van der Waals surface area contributed by atoms with Crippen LogP contribution in [0.2, 0.25) is 20.1 Å². The van der Waals surface area contributed by atoms with Gasteiger partial charge in [-0.25, -0.2) is 10.0 Å². The molecule has 0 bridgehead atoms. The third-order valence-electron chi connectivity index (χ3n) is 9.83. The van der Waals surface area contributed by atoms with Gasteiger partial charge in [-0.05, 0) is 98.5 Å². The molecule has 326 valence electrons. The van der Waals surface area contributed by atoms with Crippen molar-refractivity contribution in [2.45, 2.75) is 108 Å². The van der Waals surface area contributed by atoms with E-state index in [0.29, 0.717) is 29.0 Å². The average Bonchev–Trinajstić information content (AvgIpc) is 3.49. The maximum Gasteiger partial charge on any atom is 0.296 e. The second kappa shape index (κ2) is 22.1. The third kappa shape index (κ3) is 13.3. The number of nitrogens with one attached hydrogen (secondary N) is 2. The van der Waals surface area contributed by atoms with E-state index in [9.17, 15) is 27.7 Å². The molecule has 0 aliphatic carbocycles. The number of nitrogens with zero attached hydrogens (tertiary/aromatic N) is 4. The number of halogens is 4. The van der Waals surface area contributed by atoms with E-state index in [2.05, 4.69) is 32.9 Å². The molecule has 61 heavy (non-hydrogen) atoms. The topological polar surface area (TPSA) is 182 Å². The molecule has 13 nitrogen and oxygen atoms in total. The van der Waals surface area contributed by atoms with Gasteiger partial charge in [-0.15, -0.1) is 0 Å². The zero-order chi connectivity index (χ0) is 44.3. The quantitative estimate of drug-likeness (QED) is 0.0383. The van der Waals surface area contributed by atoms with Crippen molar-refractivity contribution in [3.63, 3.8) is 0 Å². The van der Waals surface area contributed by atoms with Crippen LogP contribution in [0, 0.1) is 13.8 Å². The van der Waals surface area contributed by atoms with E-state index in [1.54, 1.807) is 32.0 Å². The summed E-state index contributed by atoms with van der Waals surface area (Å²) in [6, 6.07) is 14.7. The summed E-state index contributed by atoms with van der Waals surface area (Å²) in [6.07, 6.45) is 10.9. The molecule has 0 radical (unpaired) electrons. The van der Waals surface area contributed by atoms with E-state index < -0.39 is 39.0 Å². The van der Waals surface area contributed by atoms with Crippen LogP contribution in [-0.2, 0) is 19.7 Å². The molecule has 4 aromatic rings. The number of hydrogen-bond acceptors (Lipinski definition) is 9. The lowest BCUT2D eigenvalue weighted by Crippen LogP contribution is -2.36. The Labute approximate surface area is 376 Å². The standard InChI is InChI=1S/C43H48Cl4N6O7S/c1-4-5-6-7-8-9-10-11-12-13-14-37(60-30-17-19-36(54)27(3)22-30)42(55)48-29-16-18-31(45)34(25-29)49-41-39(51-50-35-21-26(2)15-20-38(35)61(57,58)59)43(56)53(52-41)40-32(46)23-28(44)24-33(40)47/h15-25,37,39,54H,4-14H2,1-3H3,(H,48,55)(H,49,52)(H,57,58,59). The first-order valence-electron chi connectivity index (χ1n) is 19.9. The normalized spacial score (nSPS) is 15.4. The fourth-order valence-corrected chi connectivity index (χ4v) is 8.32. The number of benzene rings is 4. The molecule has 0 saturated carbocycles. The maximum absolute atomic E-state index is 14.0. The number of aryl methyl sites for hydroxylation is 2. The molecule has 1 saturated heterocycles. The predicted octanol–water partition coefficient (Wildman–Crippen LogP) is 12.3. The molecule has 5 rings (SSSR count). The molecule has 0 aromatic heterocycles. The van der Waals surface area contributed by atoms with Gasteiger partial charge in [0.05, 0.1) is 20.8 Å². The summed E-state index contributed by atoms with van der Waals surface area (Å²) in [5.74, 6) is -0.753. The maximum atomic E-state index is 14.0. The fraction of sp³-hybridized carbons (Fsp3) is 0.372. The van der Waals surface area contributed by atoms with Gasteiger partial charge in [-0.3, -0.25) is 19.6 Å². The minimum atomic E-state index is -4.72. The summed E-state index contributed by atoms with van der Waals surface area (Å²) >= 11 is 25.7. The number of anilines is 2. The van der Waals surface area contributed by atoms with Crippen LogP contribution in [0.25, 0.3) is 0 Å².